The Bertz CT molecular complexity index is 210. The lowest BCUT2D eigenvalue weighted by Gasteiger charge is -2.25. The van der Waals surface area contributed by atoms with E-state index in [1.54, 1.807) is 0 Å². The predicted octanol–water partition coefficient (Wildman–Crippen LogP) is 2.30. The van der Waals surface area contributed by atoms with Gasteiger partial charge in [-0.1, -0.05) is 13.8 Å². The molecule has 0 amide bonds. The van der Waals surface area contributed by atoms with E-state index < -0.39 is 0 Å². The maximum Gasteiger partial charge on any atom is 0.0779 e. The Kier molecular flexibility index (Phi) is 5.90. The van der Waals surface area contributed by atoms with Gasteiger partial charge in [0.15, 0.2) is 0 Å². The van der Waals surface area contributed by atoms with Crippen molar-refractivity contribution < 1.29 is 4.74 Å². The molecule has 1 aliphatic rings. The van der Waals surface area contributed by atoms with Gasteiger partial charge in [0.1, 0.15) is 0 Å². The highest BCUT2D eigenvalue weighted by Gasteiger charge is 2.28. The number of hydrogen-bond donors (Lipinski definition) is 2. The lowest BCUT2D eigenvalue weighted by Crippen LogP contribution is -2.37. The molecule has 3 heteroatoms. The Hall–Kier alpha value is -0.120. The second-order valence-corrected chi connectivity index (χ2v) is 6.39. The van der Waals surface area contributed by atoms with Gasteiger partial charge in [0, 0.05) is 13.2 Å². The summed E-state index contributed by atoms with van der Waals surface area (Å²) in [4.78, 5) is 0. The predicted molar refractivity (Wildman–Crippen MR) is 73.1 cm³/mol. The molecule has 17 heavy (non-hydrogen) atoms. The second-order valence-electron chi connectivity index (χ2n) is 6.39. The van der Waals surface area contributed by atoms with Crippen molar-refractivity contribution in [2.45, 2.75) is 58.5 Å². The molecule has 0 aromatic carbocycles. The van der Waals surface area contributed by atoms with Crippen LogP contribution in [0.4, 0.5) is 0 Å². The minimum Gasteiger partial charge on any atom is -0.374 e. The summed E-state index contributed by atoms with van der Waals surface area (Å²) in [5.41, 5.74) is 6.10. The molecule has 1 unspecified atom stereocenters. The largest absolute Gasteiger partial charge is 0.374 e. The number of rotatable bonds is 8. The van der Waals surface area contributed by atoms with Gasteiger partial charge in [0.2, 0.25) is 0 Å². The SMILES string of the molecule is CC(C)(CCN)CCCNCC1(C)CCCO1. The normalized spacial score (nSPS) is 25.4. The third-order valence-electron chi connectivity index (χ3n) is 3.83. The first-order valence-electron chi connectivity index (χ1n) is 7.02. The molecule has 1 rings (SSSR count). The Morgan fingerprint density at radius 2 is 2.12 bits per heavy atom. The molecule has 1 atom stereocenters. The molecule has 1 aliphatic heterocycles. The summed E-state index contributed by atoms with van der Waals surface area (Å²) in [6.45, 7) is 10.6. The van der Waals surface area contributed by atoms with Gasteiger partial charge in [0.05, 0.1) is 5.60 Å². The van der Waals surface area contributed by atoms with Crippen LogP contribution in [0.5, 0.6) is 0 Å². The Labute approximate surface area is 106 Å². The van der Waals surface area contributed by atoms with Crippen LogP contribution in [-0.4, -0.2) is 31.8 Å². The second kappa shape index (κ2) is 6.72. The fourth-order valence-corrected chi connectivity index (χ4v) is 2.54. The number of hydrogen-bond acceptors (Lipinski definition) is 3. The fraction of sp³-hybridized carbons (Fsp3) is 1.00. The maximum atomic E-state index is 5.75. The van der Waals surface area contributed by atoms with Crippen molar-refractivity contribution in [3.63, 3.8) is 0 Å². The van der Waals surface area contributed by atoms with Crippen LogP contribution in [0, 0.1) is 5.41 Å². The van der Waals surface area contributed by atoms with Gasteiger partial charge in [-0.05, 0) is 57.5 Å². The Morgan fingerprint density at radius 1 is 1.35 bits per heavy atom. The van der Waals surface area contributed by atoms with E-state index in [0.717, 1.165) is 32.7 Å². The lowest BCUT2D eigenvalue weighted by molar-refractivity contribution is 0.0209. The van der Waals surface area contributed by atoms with E-state index in [1.807, 2.05) is 0 Å². The van der Waals surface area contributed by atoms with E-state index in [1.165, 1.54) is 25.7 Å². The van der Waals surface area contributed by atoms with Crippen LogP contribution < -0.4 is 11.1 Å². The monoisotopic (exact) mass is 242 g/mol. The molecular formula is C14H30N2O. The zero-order valence-electron chi connectivity index (χ0n) is 11.8. The first-order valence-corrected chi connectivity index (χ1v) is 7.02. The minimum atomic E-state index is 0.0901. The third kappa shape index (κ3) is 5.84. The fourth-order valence-electron chi connectivity index (χ4n) is 2.54. The average Bonchev–Trinajstić information content (AvgIpc) is 2.65. The number of nitrogens with two attached hydrogens (primary N) is 1. The summed E-state index contributed by atoms with van der Waals surface area (Å²) in [7, 11) is 0. The van der Waals surface area contributed by atoms with Gasteiger partial charge < -0.3 is 15.8 Å². The summed E-state index contributed by atoms with van der Waals surface area (Å²) in [5, 5.41) is 3.53. The van der Waals surface area contributed by atoms with Crippen LogP contribution in [-0.2, 0) is 4.74 Å². The Morgan fingerprint density at radius 3 is 2.71 bits per heavy atom. The summed E-state index contributed by atoms with van der Waals surface area (Å²) in [6.07, 6.45) is 5.99. The van der Waals surface area contributed by atoms with Gasteiger partial charge in [-0.3, -0.25) is 0 Å². The van der Waals surface area contributed by atoms with E-state index in [0.29, 0.717) is 5.41 Å². The Balaban J connectivity index is 2.04. The number of nitrogens with one attached hydrogen (secondary N) is 1. The van der Waals surface area contributed by atoms with Crippen molar-refractivity contribution in [3.8, 4) is 0 Å². The first kappa shape index (κ1) is 14.9. The molecule has 1 saturated heterocycles. The van der Waals surface area contributed by atoms with E-state index >= 15 is 0 Å². The topological polar surface area (TPSA) is 47.3 Å². The average molecular weight is 242 g/mol. The van der Waals surface area contributed by atoms with Crippen LogP contribution in [0.25, 0.3) is 0 Å². The van der Waals surface area contributed by atoms with Gasteiger partial charge >= 0.3 is 0 Å². The van der Waals surface area contributed by atoms with Crippen molar-refractivity contribution in [3.05, 3.63) is 0 Å². The van der Waals surface area contributed by atoms with Crippen molar-refractivity contribution in [1.29, 1.82) is 0 Å². The van der Waals surface area contributed by atoms with Crippen molar-refractivity contribution in [2.75, 3.05) is 26.2 Å². The molecule has 0 aliphatic carbocycles. The molecule has 0 spiro atoms. The quantitative estimate of drug-likeness (QED) is 0.642. The standard InChI is InChI=1S/C14H30N2O/c1-13(2,8-9-15)6-4-10-16-12-14(3)7-5-11-17-14/h16H,4-12,15H2,1-3H3. The molecule has 3 nitrogen and oxygen atoms in total. The molecule has 0 saturated carbocycles. The van der Waals surface area contributed by atoms with Crippen molar-refractivity contribution >= 4 is 0 Å². The molecule has 102 valence electrons. The molecular weight excluding hydrogens is 212 g/mol. The molecule has 0 bridgehead atoms. The van der Waals surface area contributed by atoms with Crippen LogP contribution in [0.2, 0.25) is 0 Å². The van der Waals surface area contributed by atoms with E-state index in [2.05, 4.69) is 26.1 Å². The summed E-state index contributed by atoms with van der Waals surface area (Å²) in [6, 6.07) is 0. The third-order valence-corrected chi connectivity index (χ3v) is 3.83. The first-order chi connectivity index (χ1) is 7.97. The van der Waals surface area contributed by atoms with Crippen LogP contribution in [0.1, 0.15) is 52.9 Å². The van der Waals surface area contributed by atoms with Crippen LogP contribution in [0.3, 0.4) is 0 Å². The van der Waals surface area contributed by atoms with Gasteiger partial charge in [-0.15, -0.1) is 0 Å². The highest BCUT2D eigenvalue weighted by Crippen LogP contribution is 2.26. The molecule has 1 heterocycles. The van der Waals surface area contributed by atoms with Crippen molar-refractivity contribution in [2.24, 2.45) is 11.1 Å². The summed E-state index contributed by atoms with van der Waals surface area (Å²) in [5.74, 6) is 0. The van der Waals surface area contributed by atoms with E-state index in [9.17, 15) is 0 Å². The van der Waals surface area contributed by atoms with E-state index in [4.69, 9.17) is 10.5 Å². The molecule has 0 radical (unpaired) electrons. The van der Waals surface area contributed by atoms with Crippen molar-refractivity contribution in [1.82, 2.24) is 5.32 Å². The van der Waals surface area contributed by atoms with Gasteiger partial charge in [-0.2, -0.15) is 0 Å². The molecule has 1 fully saturated rings. The van der Waals surface area contributed by atoms with Gasteiger partial charge in [-0.25, -0.2) is 0 Å². The molecule has 3 N–H and O–H groups in total. The smallest absolute Gasteiger partial charge is 0.0779 e. The summed E-state index contributed by atoms with van der Waals surface area (Å²) < 4.78 is 5.75. The van der Waals surface area contributed by atoms with Crippen LogP contribution in [0.15, 0.2) is 0 Å². The maximum absolute atomic E-state index is 5.75. The molecule has 0 aromatic rings. The minimum absolute atomic E-state index is 0.0901. The van der Waals surface area contributed by atoms with Crippen LogP contribution >= 0.6 is 0 Å². The molecule has 0 aromatic heterocycles. The van der Waals surface area contributed by atoms with Gasteiger partial charge in [0.25, 0.3) is 0 Å². The zero-order chi connectivity index (χ0) is 12.8. The highest BCUT2D eigenvalue weighted by atomic mass is 16.5. The zero-order valence-corrected chi connectivity index (χ0v) is 11.8. The number of ether oxygens (including phenoxy) is 1. The summed E-state index contributed by atoms with van der Waals surface area (Å²) >= 11 is 0. The lowest BCUT2D eigenvalue weighted by atomic mass is 9.84. The van der Waals surface area contributed by atoms with E-state index in [-0.39, 0.29) is 5.60 Å². The highest BCUT2D eigenvalue weighted by molar-refractivity contribution is 4.82.